The van der Waals surface area contributed by atoms with Crippen molar-refractivity contribution in [3.05, 3.63) is 18.3 Å². The van der Waals surface area contributed by atoms with Crippen LogP contribution < -0.4 is 4.90 Å². The van der Waals surface area contributed by atoms with Gasteiger partial charge in [0.2, 0.25) is 0 Å². The van der Waals surface area contributed by atoms with E-state index in [4.69, 9.17) is 11.6 Å². The minimum absolute atomic E-state index is 0.290. The van der Waals surface area contributed by atoms with E-state index in [1.807, 2.05) is 0 Å². The maximum absolute atomic E-state index is 11.9. The number of anilines is 1. The average Bonchev–Trinajstić information content (AvgIpc) is 2.43. The van der Waals surface area contributed by atoms with E-state index in [0.717, 1.165) is 0 Å². The molecule has 0 saturated carbocycles. The summed E-state index contributed by atoms with van der Waals surface area (Å²) < 4.78 is 0. The van der Waals surface area contributed by atoms with E-state index in [0.29, 0.717) is 23.9 Å². The van der Waals surface area contributed by atoms with Crippen molar-refractivity contribution in [1.82, 2.24) is 9.99 Å². The molecule has 0 aromatic carbocycles. The number of carbonyl (C=O) groups is 1. The van der Waals surface area contributed by atoms with Crippen LogP contribution in [0.5, 0.6) is 0 Å². The van der Waals surface area contributed by atoms with Gasteiger partial charge in [0.25, 0.3) is 0 Å². The first-order chi connectivity index (χ1) is 7.74. The fourth-order valence-corrected chi connectivity index (χ4v) is 1.51. The molecule has 84 valence electrons. The molecule has 0 fully saturated rings. The van der Waals surface area contributed by atoms with Crippen LogP contribution in [0.15, 0.2) is 28.7 Å². The van der Waals surface area contributed by atoms with Crippen molar-refractivity contribution in [2.24, 2.45) is 10.3 Å². The van der Waals surface area contributed by atoms with Gasteiger partial charge >= 0.3 is 6.03 Å². The lowest BCUT2D eigenvalue weighted by Gasteiger charge is -2.19. The van der Waals surface area contributed by atoms with Crippen molar-refractivity contribution in [2.45, 2.75) is 0 Å². The van der Waals surface area contributed by atoms with Crippen LogP contribution in [0.4, 0.5) is 16.3 Å². The molecule has 1 aliphatic rings. The first-order valence-corrected chi connectivity index (χ1v) is 5.25. The second-order valence-electron chi connectivity index (χ2n) is 3.19. The molecule has 0 atom stereocenters. The van der Waals surface area contributed by atoms with E-state index in [1.165, 1.54) is 9.91 Å². The fourth-order valence-electron chi connectivity index (χ4n) is 1.35. The second-order valence-corrected chi connectivity index (χ2v) is 3.57. The molecule has 2 amide bonds. The van der Waals surface area contributed by atoms with E-state index < -0.39 is 0 Å². The second kappa shape index (κ2) is 4.44. The summed E-state index contributed by atoms with van der Waals surface area (Å²) in [4.78, 5) is 17.4. The average molecular weight is 240 g/mol. The Kier molecular flexibility index (Phi) is 3.00. The summed E-state index contributed by atoms with van der Waals surface area (Å²) in [6, 6.07) is 3.20. The lowest BCUT2D eigenvalue weighted by atomic mass is 10.4. The molecule has 16 heavy (non-hydrogen) atoms. The highest BCUT2D eigenvalue weighted by Gasteiger charge is 2.24. The number of hydrogen-bond donors (Lipinski definition) is 0. The van der Waals surface area contributed by atoms with Gasteiger partial charge in [-0.2, -0.15) is 5.01 Å². The summed E-state index contributed by atoms with van der Waals surface area (Å²) in [6.45, 7) is 0.322. The van der Waals surface area contributed by atoms with Crippen LogP contribution in [0.3, 0.4) is 0 Å². The molecule has 1 aliphatic heterocycles. The zero-order valence-electron chi connectivity index (χ0n) is 8.67. The molecular weight excluding hydrogens is 230 g/mol. The van der Waals surface area contributed by atoms with Crippen molar-refractivity contribution in [2.75, 3.05) is 24.4 Å². The number of hydrogen-bond acceptors (Lipinski definition) is 4. The van der Waals surface area contributed by atoms with Crippen LogP contribution in [-0.2, 0) is 0 Å². The predicted molar refractivity (Wildman–Crippen MR) is 60.0 cm³/mol. The lowest BCUT2D eigenvalue weighted by molar-refractivity contribution is 0.208. The number of fused-ring (bicyclic) bond motifs is 1. The number of nitrogens with zero attached hydrogens (tertiary/aromatic N) is 5. The maximum atomic E-state index is 11.9. The fraction of sp³-hybridized carbons (Fsp3) is 0.333. The van der Waals surface area contributed by atoms with E-state index in [2.05, 4.69) is 15.3 Å². The third-order valence-electron chi connectivity index (χ3n) is 2.15. The van der Waals surface area contributed by atoms with Crippen molar-refractivity contribution in [1.29, 1.82) is 0 Å². The van der Waals surface area contributed by atoms with Crippen LogP contribution in [0, 0.1) is 0 Å². The zero-order chi connectivity index (χ0) is 11.5. The van der Waals surface area contributed by atoms with Gasteiger partial charge in [0.05, 0.1) is 6.54 Å². The smallest absolute Gasteiger partial charge is 0.278 e. The van der Waals surface area contributed by atoms with Crippen molar-refractivity contribution >= 4 is 29.1 Å². The Morgan fingerprint density at radius 1 is 1.50 bits per heavy atom. The number of alkyl halides is 1. The molecule has 0 N–H and O–H groups in total. The van der Waals surface area contributed by atoms with Gasteiger partial charge in [-0.25, -0.2) is 9.78 Å². The Morgan fingerprint density at radius 3 is 3.06 bits per heavy atom. The molecule has 0 radical (unpaired) electrons. The molecule has 0 bridgehead atoms. The van der Waals surface area contributed by atoms with Gasteiger partial charge < -0.3 is 0 Å². The summed E-state index contributed by atoms with van der Waals surface area (Å²) in [5.74, 6) is 0.802. The monoisotopic (exact) mass is 239 g/mol. The minimum Gasteiger partial charge on any atom is -0.278 e. The Hall–Kier alpha value is -1.69. The van der Waals surface area contributed by atoms with E-state index in [9.17, 15) is 4.79 Å². The van der Waals surface area contributed by atoms with Gasteiger partial charge in [-0.3, -0.25) is 4.90 Å². The van der Waals surface area contributed by atoms with Crippen LogP contribution in [0.25, 0.3) is 0 Å². The van der Waals surface area contributed by atoms with Crippen LogP contribution in [-0.4, -0.2) is 35.5 Å². The summed E-state index contributed by atoms with van der Waals surface area (Å²) in [5.41, 5.74) is 0.565. The van der Waals surface area contributed by atoms with E-state index >= 15 is 0 Å². The molecule has 0 unspecified atom stereocenters. The normalized spacial score (nSPS) is 15.0. The Bertz CT molecular complexity index is 436. The van der Waals surface area contributed by atoms with Gasteiger partial charge in [0.15, 0.2) is 5.82 Å². The Morgan fingerprint density at radius 2 is 2.31 bits per heavy atom. The number of pyridine rings is 1. The largest absolute Gasteiger partial charge is 0.347 e. The maximum Gasteiger partial charge on any atom is 0.347 e. The number of aromatic nitrogens is 1. The highest BCUT2D eigenvalue weighted by Crippen LogP contribution is 2.28. The quantitative estimate of drug-likeness (QED) is 0.743. The summed E-state index contributed by atoms with van der Waals surface area (Å²) in [7, 11) is 1.63. The third-order valence-corrected chi connectivity index (χ3v) is 2.32. The first kappa shape index (κ1) is 10.8. The van der Waals surface area contributed by atoms with Crippen molar-refractivity contribution in [3.63, 3.8) is 0 Å². The molecular formula is C9H10ClN5O. The number of halogens is 1. The third kappa shape index (κ3) is 1.83. The van der Waals surface area contributed by atoms with E-state index in [1.54, 1.807) is 25.4 Å². The number of urea groups is 1. The number of amides is 2. The van der Waals surface area contributed by atoms with Gasteiger partial charge in [-0.15, -0.1) is 16.7 Å². The summed E-state index contributed by atoms with van der Waals surface area (Å²) >= 11 is 5.58. The standard InChI is InChI=1S/C9H10ClN5O/c1-14-8-7(3-2-5-11-8)12-13-15(6-4-10)9(14)16/h2-3,5H,4,6H2,1H3. The summed E-state index contributed by atoms with van der Waals surface area (Å²) in [5, 5.41) is 9.00. The van der Waals surface area contributed by atoms with Gasteiger partial charge in [-0.05, 0) is 12.1 Å². The molecule has 1 aromatic heterocycles. The molecule has 2 heterocycles. The van der Waals surface area contributed by atoms with Gasteiger partial charge in [0.1, 0.15) is 5.69 Å². The lowest BCUT2D eigenvalue weighted by Crippen LogP contribution is -2.38. The summed E-state index contributed by atoms with van der Waals surface area (Å²) in [6.07, 6.45) is 1.61. The highest BCUT2D eigenvalue weighted by molar-refractivity contribution is 6.18. The highest BCUT2D eigenvalue weighted by atomic mass is 35.5. The van der Waals surface area contributed by atoms with Crippen LogP contribution >= 0.6 is 11.6 Å². The molecule has 0 spiro atoms. The van der Waals surface area contributed by atoms with E-state index in [-0.39, 0.29) is 6.03 Å². The molecule has 7 heteroatoms. The van der Waals surface area contributed by atoms with Gasteiger partial charge in [0, 0.05) is 19.1 Å². The molecule has 0 aliphatic carbocycles. The van der Waals surface area contributed by atoms with Gasteiger partial charge in [-0.1, -0.05) is 5.22 Å². The van der Waals surface area contributed by atoms with Crippen molar-refractivity contribution < 1.29 is 4.79 Å². The molecule has 6 nitrogen and oxygen atoms in total. The minimum atomic E-state index is -0.290. The Balaban J connectivity index is 2.39. The first-order valence-electron chi connectivity index (χ1n) is 4.72. The Labute approximate surface area is 97.5 Å². The molecule has 2 rings (SSSR count). The molecule has 0 saturated heterocycles. The topological polar surface area (TPSA) is 61.2 Å². The van der Waals surface area contributed by atoms with Crippen molar-refractivity contribution in [3.8, 4) is 0 Å². The SMILES string of the molecule is CN1C(=O)N(CCCl)N=Nc2cccnc21. The number of rotatable bonds is 2. The van der Waals surface area contributed by atoms with Crippen LogP contribution in [0.2, 0.25) is 0 Å². The predicted octanol–water partition coefficient (Wildman–Crippen LogP) is 2.19. The van der Waals surface area contributed by atoms with Crippen LogP contribution in [0.1, 0.15) is 0 Å². The number of carbonyl (C=O) groups excluding carboxylic acids is 1. The molecule has 1 aromatic rings. The zero-order valence-corrected chi connectivity index (χ0v) is 9.42.